The number of morpholine rings is 1. The van der Waals surface area contributed by atoms with Crippen molar-refractivity contribution in [2.24, 2.45) is 0 Å². The molecule has 2 aromatic rings. The minimum atomic E-state index is -0.132. The molecule has 1 N–H and O–H groups in total. The highest BCUT2D eigenvalue weighted by atomic mass is 16.5. The van der Waals surface area contributed by atoms with Crippen molar-refractivity contribution < 1.29 is 14.3 Å². The van der Waals surface area contributed by atoms with Gasteiger partial charge in [0.25, 0.3) is 0 Å². The molecule has 3 rings (SSSR count). The number of carbonyl (C=O) groups is 1. The number of rotatable bonds is 3. The maximum Gasteiger partial charge on any atom is 0.322 e. The first-order valence-electron chi connectivity index (χ1n) is 7.28. The van der Waals surface area contributed by atoms with Crippen LogP contribution in [-0.4, -0.2) is 37.2 Å². The molecule has 1 fully saturated rings. The average Bonchev–Trinajstić information content (AvgIpc) is 2.58. The Balaban J connectivity index is 1.72. The summed E-state index contributed by atoms with van der Waals surface area (Å²) in [5.41, 5.74) is 0.655. The number of nitrogens with one attached hydrogen (secondary N) is 1. The van der Waals surface area contributed by atoms with Crippen molar-refractivity contribution in [3.8, 4) is 11.5 Å². The van der Waals surface area contributed by atoms with Gasteiger partial charge in [0, 0.05) is 13.1 Å². The second kappa shape index (κ2) is 6.95. The lowest BCUT2D eigenvalue weighted by Gasteiger charge is -2.27. The minimum absolute atomic E-state index is 0.132. The van der Waals surface area contributed by atoms with Gasteiger partial charge in [-0.2, -0.15) is 0 Å². The molecular formula is C17H18N2O3. The average molecular weight is 298 g/mol. The molecule has 114 valence electrons. The SMILES string of the molecule is O=C(Nc1ccccc1Oc1ccccc1)N1CCOCC1. The zero-order valence-corrected chi connectivity index (χ0v) is 12.2. The molecule has 0 atom stereocenters. The molecule has 0 spiro atoms. The Kier molecular flexibility index (Phi) is 4.56. The third kappa shape index (κ3) is 3.56. The first-order chi connectivity index (χ1) is 10.8. The zero-order valence-electron chi connectivity index (χ0n) is 12.2. The molecule has 2 aromatic carbocycles. The molecule has 1 heterocycles. The summed E-state index contributed by atoms with van der Waals surface area (Å²) in [6.45, 7) is 2.37. The Hall–Kier alpha value is -2.53. The summed E-state index contributed by atoms with van der Waals surface area (Å²) >= 11 is 0. The van der Waals surface area contributed by atoms with Crippen LogP contribution in [-0.2, 0) is 4.74 Å². The van der Waals surface area contributed by atoms with Gasteiger partial charge in [-0.3, -0.25) is 0 Å². The number of urea groups is 1. The molecule has 22 heavy (non-hydrogen) atoms. The van der Waals surface area contributed by atoms with E-state index in [1.54, 1.807) is 4.90 Å². The number of anilines is 1. The summed E-state index contributed by atoms with van der Waals surface area (Å²) in [6.07, 6.45) is 0. The van der Waals surface area contributed by atoms with Crippen LogP contribution in [0.5, 0.6) is 11.5 Å². The standard InChI is InChI=1S/C17H18N2O3/c20-17(19-10-12-21-13-11-19)18-15-8-4-5-9-16(15)22-14-6-2-1-3-7-14/h1-9H,10-13H2,(H,18,20). The van der Waals surface area contributed by atoms with Crippen molar-refractivity contribution in [2.45, 2.75) is 0 Å². The normalized spacial score (nSPS) is 14.5. The monoisotopic (exact) mass is 298 g/mol. The predicted molar refractivity (Wildman–Crippen MR) is 84.4 cm³/mol. The van der Waals surface area contributed by atoms with Crippen LogP contribution in [0.15, 0.2) is 54.6 Å². The van der Waals surface area contributed by atoms with Gasteiger partial charge in [-0.25, -0.2) is 4.79 Å². The first-order valence-corrected chi connectivity index (χ1v) is 7.28. The van der Waals surface area contributed by atoms with E-state index in [9.17, 15) is 4.79 Å². The molecule has 0 radical (unpaired) electrons. The maximum absolute atomic E-state index is 12.3. The van der Waals surface area contributed by atoms with Crippen LogP contribution in [0.3, 0.4) is 0 Å². The fraction of sp³-hybridized carbons (Fsp3) is 0.235. The Morgan fingerprint density at radius 2 is 1.68 bits per heavy atom. The van der Waals surface area contributed by atoms with Crippen LogP contribution < -0.4 is 10.1 Å². The van der Waals surface area contributed by atoms with Crippen LogP contribution in [0.1, 0.15) is 0 Å². The van der Waals surface area contributed by atoms with Gasteiger partial charge in [0.2, 0.25) is 0 Å². The summed E-state index contributed by atoms with van der Waals surface area (Å²) in [4.78, 5) is 14.0. The van der Waals surface area contributed by atoms with E-state index in [2.05, 4.69) is 5.32 Å². The van der Waals surface area contributed by atoms with Crippen LogP contribution in [0.4, 0.5) is 10.5 Å². The van der Waals surface area contributed by atoms with Crippen molar-refractivity contribution in [1.29, 1.82) is 0 Å². The number of nitrogens with zero attached hydrogens (tertiary/aromatic N) is 1. The third-order valence-electron chi connectivity index (χ3n) is 3.40. The number of para-hydroxylation sites is 3. The van der Waals surface area contributed by atoms with Gasteiger partial charge < -0.3 is 19.7 Å². The molecule has 5 nitrogen and oxygen atoms in total. The second-order valence-electron chi connectivity index (χ2n) is 4.94. The highest BCUT2D eigenvalue weighted by molar-refractivity contribution is 5.91. The van der Waals surface area contributed by atoms with Gasteiger partial charge >= 0.3 is 6.03 Å². The van der Waals surface area contributed by atoms with Crippen molar-refractivity contribution in [3.05, 3.63) is 54.6 Å². The lowest BCUT2D eigenvalue weighted by molar-refractivity contribution is 0.0564. The summed E-state index contributed by atoms with van der Waals surface area (Å²) < 4.78 is 11.1. The van der Waals surface area contributed by atoms with E-state index in [0.717, 1.165) is 5.75 Å². The van der Waals surface area contributed by atoms with E-state index in [0.29, 0.717) is 37.7 Å². The molecule has 0 unspecified atom stereocenters. The predicted octanol–water partition coefficient (Wildman–Crippen LogP) is 3.34. The maximum atomic E-state index is 12.3. The van der Waals surface area contributed by atoms with Crippen molar-refractivity contribution in [3.63, 3.8) is 0 Å². The molecule has 5 heteroatoms. The second-order valence-corrected chi connectivity index (χ2v) is 4.94. The molecule has 1 saturated heterocycles. The van der Waals surface area contributed by atoms with E-state index >= 15 is 0 Å². The number of ether oxygens (including phenoxy) is 2. The summed E-state index contributed by atoms with van der Waals surface area (Å²) in [5, 5.41) is 2.91. The summed E-state index contributed by atoms with van der Waals surface area (Å²) in [7, 11) is 0. The summed E-state index contributed by atoms with van der Waals surface area (Å²) in [5.74, 6) is 1.35. The van der Waals surface area contributed by atoms with Gasteiger partial charge in [0.15, 0.2) is 5.75 Å². The van der Waals surface area contributed by atoms with E-state index in [1.807, 2.05) is 54.6 Å². The summed E-state index contributed by atoms with van der Waals surface area (Å²) in [6, 6.07) is 16.8. The molecule has 1 aliphatic heterocycles. The molecule has 0 aromatic heterocycles. The lowest BCUT2D eigenvalue weighted by atomic mass is 10.3. The van der Waals surface area contributed by atoms with E-state index in [-0.39, 0.29) is 6.03 Å². The van der Waals surface area contributed by atoms with E-state index < -0.39 is 0 Å². The quantitative estimate of drug-likeness (QED) is 0.945. The Labute approximate surface area is 129 Å². The number of amides is 2. The number of carbonyl (C=O) groups excluding carboxylic acids is 1. The Morgan fingerprint density at radius 3 is 2.45 bits per heavy atom. The van der Waals surface area contributed by atoms with Crippen LogP contribution in [0.2, 0.25) is 0 Å². The fourth-order valence-corrected chi connectivity index (χ4v) is 2.24. The smallest absolute Gasteiger partial charge is 0.322 e. The van der Waals surface area contributed by atoms with E-state index in [1.165, 1.54) is 0 Å². The topological polar surface area (TPSA) is 50.8 Å². The fourth-order valence-electron chi connectivity index (χ4n) is 2.24. The van der Waals surface area contributed by atoms with Crippen LogP contribution in [0, 0.1) is 0 Å². The minimum Gasteiger partial charge on any atom is -0.455 e. The Bertz CT molecular complexity index is 625. The zero-order chi connectivity index (χ0) is 15.2. The number of benzene rings is 2. The van der Waals surface area contributed by atoms with Crippen LogP contribution in [0.25, 0.3) is 0 Å². The number of hydrogen-bond acceptors (Lipinski definition) is 3. The van der Waals surface area contributed by atoms with Crippen LogP contribution >= 0.6 is 0 Å². The molecule has 0 aliphatic carbocycles. The largest absolute Gasteiger partial charge is 0.455 e. The highest BCUT2D eigenvalue weighted by Crippen LogP contribution is 2.29. The molecule has 2 amide bonds. The van der Waals surface area contributed by atoms with Crippen molar-refractivity contribution >= 4 is 11.7 Å². The van der Waals surface area contributed by atoms with Gasteiger partial charge in [0.05, 0.1) is 18.9 Å². The van der Waals surface area contributed by atoms with Crippen molar-refractivity contribution in [2.75, 3.05) is 31.6 Å². The van der Waals surface area contributed by atoms with Gasteiger partial charge in [0.1, 0.15) is 5.75 Å². The molecule has 0 bridgehead atoms. The molecule has 1 aliphatic rings. The Morgan fingerprint density at radius 1 is 1.00 bits per heavy atom. The lowest BCUT2D eigenvalue weighted by Crippen LogP contribution is -2.43. The third-order valence-corrected chi connectivity index (χ3v) is 3.40. The van der Waals surface area contributed by atoms with Gasteiger partial charge in [-0.1, -0.05) is 30.3 Å². The highest BCUT2D eigenvalue weighted by Gasteiger charge is 2.18. The molecule has 0 saturated carbocycles. The molecular weight excluding hydrogens is 280 g/mol. The first kappa shape index (κ1) is 14.4. The van der Waals surface area contributed by atoms with Gasteiger partial charge in [-0.15, -0.1) is 0 Å². The van der Waals surface area contributed by atoms with Crippen molar-refractivity contribution in [1.82, 2.24) is 4.90 Å². The van der Waals surface area contributed by atoms with E-state index in [4.69, 9.17) is 9.47 Å². The number of hydrogen-bond donors (Lipinski definition) is 1. The van der Waals surface area contributed by atoms with Gasteiger partial charge in [-0.05, 0) is 24.3 Å².